The van der Waals surface area contributed by atoms with Crippen molar-refractivity contribution >= 4 is 21.9 Å². The smallest absolute Gasteiger partial charge is 0.331 e. The summed E-state index contributed by atoms with van der Waals surface area (Å²) in [6, 6.07) is 3.90. The van der Waals surface area contributed by atoms with Crippen LogP contribution in [-0.2, 0) is 19.9 Å². The second-order valence-electron chi connectivity index (χ2n) is 5.66. The third-order valence-corrected chi connectivity index (χ3v) is 4.90. The molecule has 1 aromatic rings. The van der Waals surface area contributed by atoms with Crippen molar-refractivity contribution in [3.8, 4) is 0 Å². The molecule has 0 radical (unpaired) electrons. The SMILES string of the molecule is COC(=O)COC1(c2cccnc2Br)CC2(CNC2)C1. The Balaban J connectivity index is 1.81. The van der Waals surface area contributed by atoms with Crippen LogP contribution in [0.1, 0.15) is 18.4 Å². The molecule has 0 aromatic carbocycles. The monoisotopic (exact) mass is 340 g/mol. The number of carbonyl (C=O) groups excluding carboxylic acids is 1. The zero-order chi connectivity index (χ0) is 14.2. The highest BCUT2D eigenvalue weighted by molar-refractivity contribution is 9.10. The third kappa shape index (κ3) is 2.25. The van der Waals surface area contributed by atoms with Crippen LogP contribution in [0.3, 0.4) is 0 Å². The van der Waals surface area contributed by atoms with E-state index in [1.807, 2.05) is 12.1 Å². The van der Waals surface area contributed by atoms with Crippen molar-refractivity contribution in [1.29, 1.82) is 0 Å². The molecule has 1 saturated heterocycles. The fraction of sp³-hybridized carbons (Fsp3) is 0.571. The van der Waals surface area contributed by atoms with Gasteiger partial charge in [0.1, 0.15) is 11.2 Å². The Hall–Kier alpha value is -0.980. The first-order chi connectivity index (χ1) is 9.59. The molecule has 0 amide bonds. The molecule has 2 fully saturated rings. The molecule has 2 aliphatic rings. The van der Waals surface area contributed by atoms with Crippen LogP contribution >= 0.6 is 15.9 Å². The van der Waals surface area contributed by atoms with E-state index in [9.17, 15) is 4.79 Å². The maximum Gasteiger partial charge on any atom is 0.331 e. The number of hydrogen-bond acceptors (Lipinski definition) is 5. The number of esters is 1. The Kier molecular flexibility index (Phi) is 3.56. The van der Waals surface area contributed by atoms with Crippen molar-refractivity contribution in [3.63, 3.8) is 0 Å². The highest BCUT2D eigenvalue weighted by atomic mass is 79.9. The van der Waals surface area contributed by atoms with Gasteiger partial charge in [-0.05, 0) is 34.8 Å². The first kappa shape index (κ1) is 14.0. The lowest BCUT2D eigenvalue weighted by Gasteiger charge is -2.60. The average Bonchev–Trinajstić information content (AvgIpc) is 2.37. The summed E-state index contributed by atoms with van der Waals surface area (Å²) < 4.78 is 11.4. The highest BCUT2D eigenvalue weighted by Crippen LogP contribution is 2.59. The fourth-order valence-electron chi connectivity index (χ4n) is 3.24. The summed E-state index contributed by atoms with van der Waals surface area (Å²) in [5.41, 5.74) is 0.913. The van der Waals surface area contributed by atoms with Crippen molar-refractivity contribution in [2.75, 3.05) is 26.8 Å². The van der Waals surface area contributed by atoms with Gasteiger partial charge in [0, 0.05) is 30.3 Å². The predicted octanol–water partition coefficient (Wildman–Crippen LogP) is 1.61. The molecule has 0 atom stereocenters. The molecule has 1 saturated carbocycles. The maximum absolute atomic E-state index is 11.4. The number of ether oxygens (including phenoxy) is 2. The van der Waals surface area contributed by atoms with E-state index in [1.54, 1.807) is 6.20 Å². The largest absolute Gasteiger partial charge is 0.467 e. The van der Waals surface area contributed by atoms with Gasteiger partial charge in [-0.3, -0.25) is 0 Å². The molecule has 1 N–H and O–H groups in total. The Labute approximate surface area is 126 Å². The molecule has 1 spiro atoms. The van der Waals surface area contributed by atoms with Gasteiger partial charge in [-0.25, -0.2) is 9.78 Å². The van der Waals surface area contributed by atoms with E-state index in [1.165, 1.54) is 7.11 Å². The summed E-state index contributed by atoms with van der Waals surface area (Å²) in [5.74, 6) is -0.350. The minimum absolute atomic E-state index is 0.0264. The van der Waals surface area contributed by atoms with Crippen LogP contribution in [0.15, 0.2) is 22.9 Å². The summed E-state index contributed by atoms with van der Waals surface area (Å²) >= 11 is 3.49. The first-order valence-electron chi connectivity index (χ1n) is 6.62. The number of nitrogens with one attached hydrogen (secondary N) is 1. The lowest BCUT2D eigenvalue weighted by atomic mass is 9.54. The number of methoxy groups -OCH3 is 1. The molecule has 108 valence electrons. The van der Waals surface area contributed by atoms with Gasteiger partial charge >= 0.3 is 5.97 Å². The fourth-order valence-corrected chi connectivity index (χ4v) is 3.85. The van der Waals surface area contributed by atoms with Gasteiger partial charge in [0.25, 0.3) is 0 Å². The van der Waals surface area contributed by atoms with Crippen molar-refractivity contribution < 1.29 is 14.3 Å². The molecule has 1 aromatic heterocycles. The van der Waals surface area contributed by atoms with E-state index in [2.05, 4.69) is 31.0 Å². The molecule has 6 heteroatoms. The number of aromatic nitrogens is 1. The summed E-state index contributed by atoms with van der Waals surface area (Å²) in [4.78, 5) is 15.6. The van der Waals surface area contributed by atoms with Crippen LogP contribution in [0.4, 0.5) is 0 Å². The summed E-state index contributed by atoms with van der Waals surface area (Å²) in [7, 11) is 1.37. The molecule has 5 nitrogen and oxygen atoms in total. The van der Waals surface area contributed by atoms with Crippen LogP contribution < -0.4 is 5.32 Å². The minimum atomic E-state index is -0.427. The van der Waals surface area contributed by atoms with Crippen LogP contribution in [0.5, 0.6) is 0 Å². The molecule has 1 aliphatic heterocycles. The van der Waals surface area contributed by atoms with Crippen LogP contribution in [0.2, 0.25) is 0 Å². The number of carbonyl (C=O) groups is 1. The Morgan fingerprint density at radius 1 is 1.50 bits per heavy atom. The Morgan fingerprint density at radius 3 is 2.80 bits per heavy atom. The molecule has 1 aliphatic carbocycles. The van der Waals surface area contributed by atoms with E-state index in [0.29, 0.717) is 5.41 Å². The predicted molar refractivity (Wildman–Crippen MR) is 76.1 cm³/mol. The molecule has 0 bridgehead atoms. The zero-order valence-electron chi connectivity index (χ0n) is 11.3. The van der Waals surface area contributed by atoms with Gasteiger partial charge in [-0.2, -0.15) is 0 Å². The lowest BCUT2D eigenvalue weighted by molar-refractivity contribution is -0.201. The van der Waals surface area contributed by atoms with E-state index in [-0.39, 0.29) is 12.6 Å². The molecule has 20 heavy (non-hydrogen) atoms. The standard InChI is InChI=1S/C14H17BrN2O3/c1-19-11(18)5-20-14(6-13(7-14)8-16-9-13)10-3-2-4-17-12(10)15/h2-4,16H,5-9H2,1H3. The Morgan fingerprint density at radius 2 is 2.25 bits per heavy atom. The second kappa shape index (κ2) is 5.09. The highest BCUT2D eigenvalue weighted by Gasteiger charge is 2.59. The topological polar surface area (TPSA) is 60.5 Å². The van der Waals surface area contributed by atoms with Gasteiger partial charge < -0.3 is 14.8 Å². The van der Waals surface area contributed by atoms with E-state index in [0.717, 1.165) is 36.1 Å². The summed E-state index contributed by atoms with van der Waals surface area (Å²) in [6.07, 6.45) is 3.56. The van der Waals surface area contributed by atoms with E-state index in [4.69, 9.17) is 4.74 Å². The first-order valence-corrected chi connectivity index (χ1v) is 7.41. The molecule has 0 unspecified atom stereocenters. The average molecular weight is 341 g/mol. The maximum atomic E-state index is 11.4. The molecule has 2 heterocycles. The van der Waals surface area contributed by atoms with E-state index >= 15 is 0 Å². The number of rotatable bonds is 4. The number of halogens is 1. The van der Waals surface area contributed by atoms with Crippen molar-refractivity contribution in [3.05, 3.63) is 28.5 Å². The van der Waals surface area contributed by atoms with Crippen LogP contribution in [-0.4, -0.2) is 37.8 Å². The third-order valence-electron chi connectivity index (χ3n) is 4.27. The van der Waals surface area contributed by atoms with Gasteiger partial charge in [-0.1, -0.05) is 6.07 Å². The van der Waals surface area contributed by atoms with Crippen LogP contribution in [0.25, 0.3) is 0 Å². The van der Waals surface area contributed by atoms with Crippen LogP contribution in [0, 0.1) is 5.41 Å². The zero-order valence-corrected chi connectivity index (χ0v) is 12.9. The normalized spacial score (nSPS) is 21.9. The summed E-state index contributed by atoms with van der Waals surface area (Å²) in [5, 5.41) is 3.31. The van der Waals surface area contributed by atoms with Crippen molar-refractivity contribution in [2.24, 2.45) is 5.41 Å². The summed E-state index contributed by atoms with van der Waals surface area (Å²) in [6.45, 7) is 2.02. The lowest BCUT2D eigenvalue weighted by Crippen LogP contribution is -2.66. The molecular formula is C14H17BrN2O3. The van der Waals surface area contributed by atoms with Gasteiger partial charge in [0.15, 0.2) is 0 Å². The quantitative estimate of drug-likeness (QED) is 0.666. The van der Waals surface area contributed by atoms with Gasteiger partial charge in [0.05, 0.1) is 12.7 Å². The number of nitrogens with zero attached hydrogens (tertiary/aromatic N) is 1. The van der Waals surface area contributed by atoms with Crippen molar-refractivity contribution in [1.82, 2.24) is 10.3 Å². The van der Waals surface area contributed by atoms with E-state index < -0.39 is 5.60 Å². The minimum Gasteiger partial charge on any atom is -0.467 e. The number of hydrogen-bond donors (Lipinski definition) is 1. The molecule has 3 rings (SSSR count). The number of pyridine rings is 1. The van der Waals surface area contributed by atoms with Gasteiger partial charge in [0.2, 0.25) is 0 Å². The second-order valence-corrected chi connectivity index (χ2v) is 6.41. The molecular weight excluding hydrogens is 324 g/mol. The van der Waals surface area contributed by atoms with Gasteiger partial charge in [-0.15, -0.1) is 0 Å². The van der Waals surface area contributed by atoms with Crippen molar-refractivity contribution in [2.45, 2.75) is 18.4 Å². The Bertz CT molecular complexity index is 523.